The van der Waals surface area contributed by atoms with Crippen molar-refractivity contribution < 1.29 is 14.6 Å². The molecule has 0 aromatic heterocycles. The number of aliphatic hydroxyl groups excluding tert-OH is 2. The predicted molar refractivity (Wildman–Crippen MR) is 53.8 cm³/mol. The summed E-state index contributed by atoms with van der Waals surface area (Å²) in [5, 5.41) is 22.6. The molecule has 2 rings (SSSR count). The van der Waals surface area contributed by atoms with Gasteiger partial charge in [-0.2, -0.15) is 0 Å². The van der Waals surface area contributed by atoms with Crippen molar-refractivity contribution in [1.82, 2.24) is 5.32 Å². The normalized spacial score (nSPS) is 37.1. The first-order chi connectivity index (χ1) is 7.19. The number of halogens is 1. The minimum atomic E-state index is -0.805. The maximum absolute atomic E-state index is 11.9. The number of β-amino-alcohol motifs (C(OH)–C–C–N with tert-alkyl or cyclic N) is 1. The van der Waals surface area contributed by atoms with Gasteiger partial charge in [-0.15, -0.1) is 5.92 Å². The van der Waals surface area contributed by atoms with Crippen molar-refractivity contribution in [2.45, 2.75) is 37.0 Å². The molecule has 15 heavy (non-hydrogen) atoms. The summed E-state index contributed by atoms with van der Waals surface area (Å²) in [7, 11) is 0. The van der Waals surface area contributed by atoms with Crippen LogP contribution in [0.4, 0.5) is 4.39 Å². The van der Waals surface area contributed by atoms with Gasteiger partial charge < -0.3 is 15.5 Å². The highest BCUT2D eigenvalue weighted by Gasteiger charge is 2.55. The van der Waals surface area contributed by atoms with Crippen LogP contribution in [-0.4, -0.2) is 41.2 Å². The van der Waals surface area contributed by atoms with Crippen molar-refractivity contribution in [2.24, 2.45) is 5.92 Å². The van der Waals surface area contributed by atoms with Crippen molar-refractivity contribution in [3.63, 3.8) is 0 Å². The quantitative estimate of drug-likeness (QED) is 0.530. The van der Waals surface area contributed by atoms with Crippen molar-refractivity contribution >= 4 is 0 Å². The predicted octanol–water partition coefficient (Wildman–Crippen LogP) is -0.177. The number of rotatable bonds is 1. The first-order valence-corrected chi connectivity index (χ1v) is 5.35. The third-order valence-electron chi connectivity index (χ3n) is 3.26. The summed E-state index contributed by atoms with van der Waals surface area (Å²) >= 11 is 0. The number of aliphatic hydroxyl groups is 2. The molecule has 3 nitrogen and oxygen atoms in total. The molecule has 0 radical (unpaired) electrons. The Morgan fingerprint density at radius 3 is 2.73 bits per heavy atom. The molecule has 84 valence electrons. The van der Waals surface area contributed by atoms with E-state index < -0.39 is 18.9 Å². The van der Waals surface area contributed by atoms with Crippen LogP contribution in [0.2, 0.25) is 0 Å². The minimum absolute atomic E-state index is 0.109. The van der Waals surface area contributed by atoms with Gasteiger partial charge in [0.15, 0.2) is 0 Å². The van der Waals surface area contributed by atoms with E-state index >= 15 is 0 Å². The molecule has 0 aromatic carbocycles. The summed E-state index contributed by atoms with van der Waals surface area (Å²) in [6.07, 6.45) is 0.592. The average Bonchev–Trinajstić information content (AvgIpc) is 2.99. The summed E-state index contributed by atoms with van der Waals surface area (Å²) in [6, 6.07) is 0. The number of hydrogen-bond acceptors (Lipinski definition) is 3. The molecule has 1 spiro atoms. The number of alkyl halides is 1. The van der Waals surface area contributed by atoms with Gasteiger partial charge in [-0.05, 0) is 12.8 Å². The van der Waals surface area contributed by atoms with E-state index in [9.17, 15) is 14.6 Å². The fraction of sp³-hybridized carbons (Fsp3) is 0.818. The summed E-state index contributed by atoms with van der Waals surface area (Å²) < 4.78 is 11.9. The lowest BCUT2D eigenvalue weighted by molar-refractivity contribution is -0.0393. The van der Waals surface area contributed by atoms with Gasteiger partial charge in [0, 0.05) is 18.5 Å². The van der Waals surface area contributed by atoms with Gasteiger partial charge in [-0.3, -0.25) is 4.39 Å². The Morgan fingerprint density at radius 1 is 1.40 bits per heavy atom. The highest BCUT2D eigenvalue weighted by Crippen LogP contribution is 2.46. The maximum Gasteiger partial charge on any atom is 0.100 e. The van der Waals surface area contributed by atoms with Crippen LogP contribution in [0.3, 0.4) is 0 Å². The van der Waals surface area contributed by atoms with Crippen LogP contribution in [0, 0.1) is 17.8 Å². The smallest absolute Gasteiger partial charge is 0.100 e. The molecule has 0 bridgehead atoms. The molecule has 3 unspecified atom stereocenters. The molecule has 2 fully saturated rings. The van der Waals surface area contributed by atoms with Gasteiger partial charge >= 0.3 is 0 Å². The third kappa shape index (κ3) is 2.00. The van der Waals surface area contributed by atoms with E-state index in [0.717, 1.165) is 12.8 Å². The summed E-state index contributed by atoms with van der Waals surface area (Å²) in [6.45, 7) is -0.0404. The van der Waals surface area contributed by atoms with E-state index in [2.05, 4.69) is 17.2 Å². The second kappa shape index (κ2) is 4.09. The first-order valence-electron chi connectivity index (χ1n) is 5.35. The van der Waals surface area contributed by atoms with Crippen LogP contribution in [0.25, 0.3) is 0 Å². The molecule has 1 saturated heterocycles. The van der Waals surface area contributed by atoms with Crippen molar-refractivity contribution in [3.05, 3.63) is 0 Å². The SMILES string of the molecule is OC1CNC2(CC2)C(C#CCCF)C1O. The average molecular weight is 213 g/mol. The Morgan fingerprint density at radius 2 is 2.13 bits per heavy atom. The Kier molecular flexibility index (Phi) is 2.96. The molecule has 3 N–H and O–H groups in total. The summed E-state index contributed by atoms with van der Waals surface area (Å²) in [4.78, 5) is 0. The van der Waals surface area contributed by atoms with Gasteiger partial charge in [-0.25, -0.2) is 0 Å². The van der Waals surface area contributed by atoms with E-state index in [1.54, 1.807) is 0 Å². The summed E-state index contributed by atoms with van der Waals surface area (Å²) in [5.41, 5.74) is -0.109. The minimum Gasteiger partial charge on any atom is -0.389 e. The number of nitrogens with one attached hydrogen (secondary N) is 1. The second-order valence-electron chi connectivity index (χ2n) is 4.33. The fourth-order valence-electron chi connectivity index (χ4n) is 2.16. The van der Waals surface area contributed by atoms with Crippen molar-refractivity contribution in [2.75, 3.05) is 13.2 Å². The van der Waals surface area contributed by atoms with E-state index in [-0.39, 0.29) is 17.9 Å². The van der Waals surface area contributed by atoms with Gasteiger partial charge in [0.25, 0.3) is 0 Å². The lowest BCUT2D eigenvalue weighted by Crippen LogP contribution is -2.57. The van der Waals surface area contributed by atoms with E-state index in [4.69, 9.17) is 0 Å². The van der Waals surface area contributed by atoms with Gasteiger partial charge in [0.05, 0.1) is 18.1 Å². The van der Waals surface area contributed by atoms with Crippen LogP contribution in [-0.2, 0) is 0 Å². The molecule has 3 atom stereocenters. The molecule has 1 saturated carbocycles. The molecule has 4 heteroatoms. The highest BCUT2D eigenvalue weighted by molar-refractivity contribution is 5.23. The molecule has 1 aliphatic heterocycles. The highest BCUT2D eigenvalue weighted by atomic mass is 19.1. The van der Waals surface area contributed by atoms with E-state index in [1.165, 1.54) is 0 Å². The fourth-order valence-corrected chi connectivity index (χ4v) is 2.16. The van der Waals surface area contributed by atoms with Crippen LogP contribution in [0.5, 0.6) is 0 Å². The number of piperidine rings is 1. The molecular formula is C11H16FNO2. The summed E-state index contributed by atoms with van der Waals surface area (Å²) in [5.74, 6) is 5.35. The van der Waals surface area contributed by atoms with Crippen molar-refractivity contribution in [3.8, 4) is 11.8 Å². The van der Waals surface area contributed by atoms with Gasteiger partial charge in [0.1, 0.15) is 6.67 Å². The lowest BCUT2D eigenvalue weighted by Gasteiger charge is -2.37. The molecular weight excluding hydrogens is 197 g/mol. The largest absolute Gasteiger partial charge is 0.389 e. The maximum atomic E-state index is 11.9. The monoisotopic (exact) mass is 213 g/mol. The Balaban J connectivity index is 2.08. The lowest BCUT2D eigenvalue weighted by atomic mass is 9.85. The number of hydrogen-bond donors (Lipinski definition) is 3. The standard InChI is InChI=1S/C11H16FNO2/c12-6-2-1-3-8-10(15)9(14)7-13-11(8)4-5-11/h8-10,13-15H,2,4-7H2. The van der Waals surface area contributed by atoms with Crippen LogP contribution in [0.1, 0.15) is 19.3 Å². The van der Waals surface area contributed by atoms with E-state index in [0.29, 0.717) is 6.54 Å². The first kappa shape index (κ1) is 10.9. The molecule has 1 heterocycles. The Bertz CT molecular complexity index is 293. The second-order valence-corrected chi connectivity index (χ2v) is 4.33. The van der Waals surface area contributed by atoms with Gasteiger partial charge in [-0.1, -0.05) is 5.92 Å². The zero-order chi connectivity index (χ0) is 10.9. The van der Waals surface area contributed by atoms with Crippen LogP contribution in [0.15, 0.2) is 0 Å². The topological polar surface area (TPSA) is 52.5 Å². The zero-order valence-electron chi connectivity index (χ0n) is 8.54. The third-order valence-corrected chi connectivity index (χ3v) is 3.26. The van der Waals surface area contributed by atoms with Crippen LogP contribution < -0.4 is 5.32 Å². The van der Waals surface area contributed by atoms with Gasteiger partial charge in [0.2, 0.25) is 0 Å². The van der Waals surface area contributed by atoms with E-state index in [1.807, 2.05) is 0 Å². The zero-order valence-corrected chi connectivity index (χ0v) is 8.54. The molecule has 2 aliphatic rings. The molecule has 1 aliphatic carbocycles. The molecule has 0 aromatic rings. The van der Waals surface area contributed by atoms with Crippen LogP contribution >= 0.6 is 0 Å². The molecule has 0 amide bonds. The Labute approximate surface area is 88.7 Å². The van der Waals surface area contributed by atoms with Crippen molar-refractivity contribution in [1.29, 1.82) is 0 Å². The Hall–Kier alpha value is -0.630.